The molecule has 0 bridgehead atoms. The van der Waals surface area contributed by atoms with Crippen LogP contribution >= 0.6 is 0 Å². The van der Waals surface area contributed by atoms with Gasteiger partial charge in [0.15, 0.2) is 18.5 Å². The maximum Gasteiger partial charge on any atom is 0.310 e. The molecule has 9 nitrogen and oxygen atoms in total. The number of aryl methyl sites for hydroxylation is 1. The zero-order valence-corrected chi connectivity index (χ0v) is 14.8. The molecule has 2 aromatic rings. The average molecular weight is 373 g/mol. The molecule has 0 spiro atoms. The van der Waals surface area contributed by atoms with E-state index in [1.54, 1.807) is 24.3 Å². The molecule has 1 atom stereocenters. The second kappa shape index (κ2) is 9.18. The molecular formula is C18H19N3O6. The molecule has 142 valence electrons. The molecule has 9 heteroatoms. The van der Waals surface area contributed by atoms with E-state index in [9.17, 15) is 19.7 Å². The third-order valence-corrected chi connectivity index (χ3v) is 3.42. The van der Waals surface area contributed by atoms with Crippen LogP contribution in [0, 0.1) is 17.0 Å². The molecule has 2 N–H and O–H groups in total. The lowest BCUT2D eigenvalue weighted by Gasteiger charge is -2.15. The van der Waals surface area contributed by atoms with Crippen LogP contribution in [0.15, 0.2) is 48.5 Å². The summed E-state index contributed by atoms with van der Waals surface area (Å²) in [5, 5.41) is 11.0. The van der Waals surface area contributed by atoms with E-state index in [-0.39, 0.29) is 18.0 Å². The van der Waals surface area contributed by atoms with Crippen LogP contribution in [-0.2, 0) is 9.59 Å². The highest BCUT2D eigenvalue weighted by Gasteiger charge is 2.21. The Balaban J connectivity index is 1.81. The number of ether oxygens (including phenoxy) is 2. The van der Waals surface area contributed by atoms with E-state index < -0.39 is 22.8 Å². The van der Waals surface area contributed by atoms with Crippen molar-refractivity contribution in [3.8, 4) is 11.5 Å². The highest BCUT2D eigenvalue weighted by molar-refractivity contribution is 5.85. The number of carbonyl (C=O) groups excluding carboxylic acids is 2. The Morgan fingerprint density at radius 1 is 1.15 bits per heavy atom. The van der Waals surface area contributed by atoms with Gasteiger partial charge in [0, 0.05) is 6.07 Å². The Labute approximate surface area is 155 Å². The van der Waals surface area contributed by atoms with Crippen LogP contribution in [0.5, 0.6) is 11.5 Å². The van der Waals surface area contributed by atoms with Crippen molar-refractivity contribution in [1.29, 1.82) is 0 Å². The molecule has 0 aromatic heterocycles. The number of rotatable bonds is 7. The van der Waals surface area contributed by atoms with Gasteiger partial charge in [-0.15, -0.1) is 0 Å². The minimum absolute atomic E-state index is 0.0424. The highest BCUT2D eigenvalue weighted by atomic mass is 16.6. The maximum atomic E-state index is 12.0. The Hall–Kier alpha value is -3.62. The predicted octanol–water partition coefficient (Wildman–Crippen LogP) is 1.90. The summed E-state index contributed by atoms with van der Waals surface area (Å²) in [6, 6.07) is 12.9. The van der Waals surface area contributed by atoms with Gasteiger partial charge in [-0.2, -0.15) is 0 Å². The van der Waals surface area contributed by atoms with E-state index >= 15 is 0 Å². The van der Waals surface area contributed by atoms with Crippen molar-refractivity contribution >= 4 is 17.5 Å². The summed E-state index contributed by atoms with van der Waals surface area (Å²) in [5.74, 6) is -0.747. The van der Waals surface area contributed by atoms with Crippen LogP contribution in [0.1, 0.15) is 12.5 Å². The number of nitrogens with one attached hydrogen (secondary N) is 2. The standard InChI is InChI=1S/C18H19N3O6/c1-12-6-5-7-14(10-12)26-11-17(22)19-20-18(23)13(2)27-16-9-4-3-8-15(16)21(24)25/h3-10,13H,11H2,1-2H3,(H,19,22)(H,20,23)/t13-/m0/s1. The van der Waals surface area contributed by atoms with Crippen LogP contribution < -0.4 is 20.3 Å². The first-order chi connectivity index (χ1) is 12.9. The summed E-state index contributed by atoms with van der Waals surface area (Å²) in [6.45, 7) is 3.01. The van der Waals surface area contributed by atoms with E-state index in [4.69, 9.17) is 9.47 Å². The molecule has 0 fully saturated rings. The first kappa shape index (κ1) is 19.7. The van der Waals surface area contributed by atoms with Crippen molar-refractivity contribution in [3.05, 3.63) is 64.2 Å². The van der Waals surface area contributed by atoms with Gasteiger partial charge < -0.3 is 9.47 Å². The smallest absolute Gasteiger partial charge is 0.310 e. The Kier molecular flexibility index (Phi) is 6.70. The molecule has 0 aliphatic rings. The van der Waals surface area contributed by atoms with Gasteiger partial charge in [-0.25, -0.2) is 0 Å². The van der Waals surface area contributed by atoms with Gasteiger partial charge in [0.1, 0.15) is 5.75 Å². The van der Waals surface area contributed by atoms with Crippen LogP contribution in [0.3, 0.4) is 0 Å². The lowest BCUT2D eigenvalue weighted by Crippen LogP contribution is -2.48. The lowest BCUT2D eigenvalue weighted by molar-refractivity contribution is -0.386. The average Bonchev–Trinajstić information content (AvgIpc) is 2.64. The molecule has 0 aliphatic heterocycles. The minimum Gasteiger partial charge on any atom is -0.484 e. The van der Waals surface area contributed by atoms with Gasteiger partial charge in [-0.1, -0.05) is 24.3 Å². The van der Waals surface area contributed by atoms with Gasteiger partial charge in [0.25, 0.3) is 11.8 Å². The predicted molar refractivity (Wildman–Crippen MR) is 96.1 cm³/mol. The number of benzene rings is 2. The zero-order chi connectivity index (χ0) is 19.8. The molecule has 0 aliphatic carbocycles. The number of hydrazine groups is 1. The monoisotopic (exact) mass is 373 g/mol. The van der Waals surface area contributed by atoms with Crippen LogP contribution in [0.25, 0.3) is 0 Å². The first-order valence-electron chi connectivity index (χ1n) is 8.05. The Morgan fingerprint density at radius 3 is 2.59 bits per heavy atom. The number of para-hydroxylation sites is 2. The molecule has 27 heavy (non-hydrogen) atoms. The van der Waals surface area contributed by atoms with E-state index in [1.165, 1.54) is 25.1 Å². The molecule has 0 unspecified atom stereocenters. The summed E-state index contributed by atoms with van der Waals surface area (Å²) in [6.07, 6.45) is -1.07. The summed E-state index contributed by atoms with van der Waals surface area (Å²) < 4.78 is 10.6. The summed E-state index contributed by atoms with van der Waals surface area (Å²) in [4.78, 5) is 34.1. The number of nitrogens with zero attached hydrogens (tertiary/aromatic N) is 1. The number of nitro benzene ring substituents is 1. The lowest BCUT2D eigenvalue weighted by atomic mass is 10.2. The summed E-state index contributed by atoms with van der Waals surface area (Å²) in [5.41, 5.74) is 5.11. The quantitative estimate of drug-likeness (QED) is 0.565. The van der Waals surface area contributed by atoms with Crippen LogP contribution in [0.4, 0.5) is 5.69 Å². The fraction of sp³-hybridized carbons (Fsp3) is 0.222. The maximum absolute atomic E-state index is 12.0. The molecular weight excluding hydrogens is 354 g/mol. The Morgan fingerprint density at radius 2 is 1.89 bits per heavy atom. The third kappa shape index (κ3) is 5.99. The second-order valence-electron chi connectivity index (χ2n) is 5.63. The third-order valence-electron chi connectivity index (χ3n) is 3.42. The van der Waals surface area contributed by atoms with Crippen LogP contribution in [-0.4, -0.2) is 29.4 Å². The number of carbonyl (C=O) groups is 2. The van der Waals surface area contributed by atoms with Crippen LogP contribution in [0.2, 0.25) is 0 Å². The van der Waals surface area contributed by atoms with Crippen molar-refractivity contribution in [2.24, 2.45) is 0 Å². The van der Waals surface area contributed by atoms with Gasteiger partial charge in [-0.3, -0.25) is 30.6 Å². The Bertz CT molecular complexity index is 839. The summed E-state index contributed by atoms with van der Waals surface area (Å²) in [7, 11) is 0. The van der Waals surface area contributed by atoms with E-state index in [1.807, 2.05) is 13.0 Å². The van der Waals surface area contributed by atoms with Crippen molar-refractivity contribution < 1.29 is 24.0 Å². The number of nitro groups is 1. The molecule has 0 radical (unpaired) electrons. The SMILES string of the molecule is Cc1cccc(OCC(=O)NNC(=O)[C@H](C)Oc2ccccc2[N+](=O)[O-])c1. The largest absolute Gasteiger partial charge is 0.484 e. The highest BCUT2D eigenvalue weighted by Crippen LogP contribution is 2.26. The van der Waals surface area contributed by atoms with E-state index in [2.05, 4.69) is 10.9 Å². The zero-order valence-electron chi connectivity index (χ0n) is 14.8. The van der Waals surface area contributed by atoms with E-state index in [0.29, 0.717) is 5.75 Å². The molecule has 0 saturated carbocycles. The second-order valence-corrected chi connectivity index (χ2v) is 5.63. The van der Waals surface area contributed by atoms with E-state index in [0.717, 1.165) is 5.56 Å². The van der Waals surface area contributed by atoms with Crippen molar-refractivity contribution in [3.63, 3.8) is 0 Å². The number of amides is 2. The van der Waals surface area contributed by atoms with Gasteiger partial charge in [0.05, 0.1) is 4.92 Å². The normalized spacial score (nSPS) is 11.2. The molecule has 2 amide bonds. The fourth-order valence-corrected chi connectivity index (χ4v) is 2.07. The molecule has 0 heterocycles. The number of hydrogen-bond donors (Lipinski definition) is 2. The van der Waals surface area contributed by atoms with Gasteiger partial charge in [-0.05, 0) is 37.6 Å². The fourth-order valence-electron chi connectivity index (χ4n) is 2.07. The molecule has 0 saturated heterocycles. The van der Waals surface area contributed by atoms with Crippen molar-refractivity contribution in [2.45, 2.75) is 20.0 Å². The number of hydrogen-bond acceptors (Lipinski definition) is 6. The molecule has 2 aromatic carbocycles. The van der Waals surface area contributed by atoms with Gasteiger partial charge in [0.2, 0.25) is 0 Å². The van der Waals surface area contributed by atoms with Crippen molar-refractivity contribution in [1.82, 2.24) is 10.9 Å². The van der Waals surface area contributed by atoms with Crippen molar-refractivity contribution in [2.75, 3.05) is 6.61 Å². The first-order valence-corrected chi connectivity index (χ1v) is 8.05. The van der Waals surface area contributed by atoms with Gasteiger partial charge >= 0.3 is 5.69 Å². The topological polar surface area (TPSA) is 120 Å². The molecule has 2 rings (SSSR count). The minimum atomic E-state index is -1.07. The summed E-state index contributed by atoms with van der Waals surface area (Å²) >= 11 is 0.